The molecule has 1 aromatic rings. The Balaban J connectivity index is 2.01. The van der Waals surface area contributed by atoms with E-state index in [1.807, 2.05) is 0 Å². The number of hydrogen-bond donors (Lipinski definition) is 1. The Morgan fingerprint density at radius 1 is 1.60 bits per heavy atom. The van der Waals surface area contributed by atoms with E-state index in [9.17, 15) is 9.59 Å². The van der Waals surface area contributed by atoms with Crippen LogP contribution in [0.2, 0.25) is 0 Å². The van der Waals surface area contributed by atoms with Gasteiger partial charge in [-0.15, -0.1) is 0 Å². The molecule has 0 aromatic carbocycles. The fourth-order valence-electron chi connectivity index (χ4n) is 1.37. The van der Waals surface area contributed by atoms with Gasteiger partial charge in [0.05, 0.1) is 11.6 Å². The number of carbonyl (C=O) groups excluding carboxylic acids is 2. The van der Waals surface area contributed by atoms with Gasteiger partial charge in [-0.3, -0.25) is 14.6 Å². The van der Waals surface area contributed by atoms with Gasteiger partial charge in [-0.1, -0.05) is 11.8 Å². The average molecular weight is 222 g/mol. The fourth-order valence-corrected chi connectivity index (χ4v) is 2.30. The molecule has 0 spiro atoms. The molecule has 1 saturated heterocycles. The topological polar surface area (TPSA) is 59.1 Å². The van der Waals surface area contributed by atoms with Gasteiger partial charge in [0.25, 0.3) is 5.91 Å². The smallest absolute Gasteiger partial charge is 0.253 e. The van der Waals surface area contributed by atoms with Gasteiger partial charge < -0.3 is 5.32 Å². The Hall–Kier alpha value is -1.36. The van der Waals surface area contributed by atoms with E-state index >= 15 is 0 Å². The second kappa shape index (κ2) is 4.44. The minimum Gasteiger partial charge on any atom is -0.341 e. The third-order valence-corrected chi connectivity index (χ3v) is 3.17. The molecule has 1 atom stereocenters. The monoisotopic (exact) mass is 222 g/mol. The molecule has 1 aliphatic heterocycles. The van der Waals surface area contributed by atoms with Crippen molar-refractivity contribution in [2.45, 2.75) is 12.5 Å². The van der Waals surface area contributed by atoms with E-state index in [1.165, 1.54) is 18.0 Å². The van der Waals surface area contributed by atoms with Crippen LogP contribution in [-0.4, -0.2) is 27.8 Å². The van der Waals surface area contributed by atoms with Crippen molar-refractivity contribution in [2.75, 3.05) is 5.75 Å². The number of rotatable bonds is 2. The summed E-state index contributed by atoms with van der Waals surface area (Å²) in [6, 6.07) is 3.04. The minimum absolute atomic E-state index is 0.0484. The van der Waals surface area contributed by atoms with E-state index in [2.05, 4.69) is 10.3 Å². The van der Waals surface area contributed by atoms with E-state index in [4.69, 9.17) is 0 Å². The second-order valence-corrected chi connectivity index (χ2v) is 4.32. The average Bonchev–Trinajstić information content (AvgIpc) is 2.66. The maximum atomic E-state index is 11.6. The van der Waals surface area contributed by atoms with Gasteiger partial charge >= 0.3 is 0 Å². The Labute approximate surface area is 91.5 Å². The lowest BCUT2D eigenvalue weighted by molar-refractivity contribution is -0.112. The van der Waals surface area contributed by atoms with Gasteiger partial charge in [-0.25, -0.2) is 0 Å². The quantitative estimate of drug-likeness (QED) is 0.805. The van der Waals surface area contributed by atoms with E-state index in [1.54, 1.807) is 18.3 Å². The standard InChI is InChI=1S/C10H10N2O2S/c13-9(7-2-1-4-11-6-7)12-8-3-5-15-10(8)14/h1-2,4,6,8H,3,5H2,(H,12,13). The number of thioether (sulfide) groups is 1. The second-order valence-electron chi connectivity index (χ2n) is 3.22. The molecule has 1 aromatic heterocycles. The highest BCUT2D eigenvalue weighted by Crippen LogP contribution is 2.19. The summed E-state index contributed by atoms with van der Waals surface area (Å²) in [5.41, 5.74) is 0.488. The third kappa shape index (κ3) is 2.36. The lowest BCUT2D eigenvalue weighted by Gasteiger charge is -2.09. The first-order valence-electron chi connectivity index (χ1n) is 4.65. The molecular formula is C10H10N2O2S. The van der Waals surface area contributed by atoms with Crippen LogP contribution < -0.4 is 5.32 Å². The van der Waals surface area contributed by atoms with Crippen LogP contribution in [0.15, 0.2) is 24.5 Å². The summed E-state index contributed by atoms with van der Waals surface area (Å²) in [6.07, 6.45) is 3.81. The van der Waals surface area contributed by atoms with Crippen molar-refractivity contribution in [3.8, 4) is 0 Å². The van der Waals surface area contributed by atoms with Crippen molar-refractivity contribution in [3.63, 3.8) is 0 Å². The molecule has 0 bridgehead atoms. The summed E-state index contributed by atoms with van der Waals surface area (Å²) < 4.78 is 0. The van der Waals surface area contributed by atoms with Gasteiger partial charge in [0.15, 0.2) is 0 Å². The maximum Gasteiger partial charge on any atom is 0.253 e. The molecule has 1 unspecified atom stereocenters. The van der Waals surface area contributed by atoms with Gasteiger partial charge in [0, 0.05) is 18.1 Å². The molecule has 1 aliphatic rings. The predicted molar refractivity (Wildman–Crippen MR) is 57.6 cm³/mol. The summed E-state index contributed by atoms with van der Waals surface area (Å²) in [7, 11) is 0. The van der Waals surface area contributed by atoms with Crippen molar-refractivity contribution in [1.82, 2.24) is 10.3 Å². The van der Waals surface area contributed by atoms with Gasteiger partial charge in [-0.2, -0.15) is 0 Å². The van der Waals surface area contributed by atoms with Gasteiger partial charge in [0.2, 0.25) is 5.12 Å². The summed E-state index contributed by atoms with van der Waals surface area (Å²) in [5, 5.41) is 2.74. The summed E-state index contributed by atoms with van der Waals surface area (Å²) in [5.74, 6) is 0.556. The lowest BCUT2D eigenvalue weighted by Crippen LogP contribution is -2.37. The number of nitrogens with one attached hydrogen (secondary N) is 1. The normalized spacial score (nSPS) is 20.3. The Morgan fingerprint density at radius 2 is 2.47 bits per heavy atom. The van der Waals surface area contributed by atoms with Crippen molar-refractivity contribution >= 4 is 22.8 Å². The number of carbonyl (C=O) groups is 2. The van der Waals surface area contributed by atoms with Gasteiger partial charge in [0.1, 0.15) is 0 Å². The van der Waals surface area contributed by atoms with Crippen LogP contribution in [0.4, 0.5) is 0 Å². The first-order chi connectivity index (χ1) is 7.27. The van der Waals surface area contributed by atoms with E-state index in [-0.39, 0.29) is 17.1 Å². The van der Waals surface area contributed by atoms with Crippen molar-refractivity contribution in [2.24, 2.45) is 0 Å². The Bertz CT molecular complexity index is 380. The summed E-state index contributed by atoms with van der Waals surface area (Å²) >= 11 is 1.27. The van der Waals surface area contributed by atoms with Gasteiger partial charge in [-0.05, 0) is 18.6 Å². The van der Waals surface area contributed by atoms with Crippen LogP contribution >= 0.6 is 11.8 Å². The minimum atomic E-state index is -0.331. The third-order valence-electron chi connectivity index (χ3n) is 2.16. The molecule has 1 amide bonds. The number of nitrogens with zero attached hydrogens (tertiary/aromatic N) is 1. The molecule has 0 aliphatic carbocycles. The van der Waals surface area contributed by atoms with Crippen LogP contribution in [0.3, 0.4) is 0 Å². The number of pyridine rings is 1. The maximum absolute atomic E-state index is 11.6. The fraction of sp³-hybridized carbons (Fsp3) is 0.300. The van der Waals surface area contributed by atoms with Crippen molar-refractivity contribution < 1.29 is 9.59 Å². The molecule has 2 rings (SSSR count). The molecule has 0 saturated carbocycles. The van der Waals surface area contributed by atoms with Crippen molar-refractivity contribution in [1.29, 1.82) is 0 Å². The van der Waals surface area contributed by atoms with Crippen molar-refractivity contribution in [3.05, 3.63) is 30.1 Å². The summed E-state index contributed by atoms with van der Waals surface area (Å²) in [6.45, 7) is 0. The summed E-state index contributed by atoms with van der Waals surface area (Å²) in [4.78, 5) is 26.8. The molecule has 0 radical (unpaired) electrons. The molecule has 4 nitrogen and oxygen atoms in total. The van der Waals surface area contributed by atoms with Crippen LogP contribution in [0.25, 0.3) is 0 Å². The van der Waals surface area contributed by atoms with Crippen LogP contribution in [0.1, 0.15) is 16.8 Å². The predicted octanol–water partition coefficient (Wildman–Crippen LogP) is 0.844. The Kier molecular flexibility index (Phi) is 3.01. The number of aromatic nitrogens is 1. The highest BCUT2D eigenvalue weighted by atomic mass is 32.2. The molecule has 2 heterocycles. The van der Waals surface area contributed by atoms with E-state index in [0.717, 1.165) is 12.2 Å². The zero-order valence-corrected chi connectivity index (χ0v) is 8.79. The lowest BCUT2D eigenvalue weighted by atomic mass is 10.2. The van der Waals surface area contributed by atoms with Crippen LogP contribution in [0, 0.1) is 0 Å². The Morgan fingerprint density at radius 3 is 3.07 bits per heavy atom. The highest BCUT2D eigenvalue weighted by Gasteiger charge is 2.26. The highest BCUT2D eigenvalue weighted by molar-refractivity contribution is 8.14. The zero-order chi connectivity index (χ0) is 10.7. The van der Waals surface area contributed by atoms with E-state index < -0.39 is 0 Å². The molecular weight excluding hydrogens is 212 g/mol. The molecule has 15 heavy (non-hydrogen) atoms. The molecule has 1 N–H and O–H groups in total. The molecule has 1 fully saturated rings. The van der Waals surface area contributed by atoms with Crippen LogP contribution in [0.5, 0.6) is 0 Å². The SMILES string of the molecule is O=C(NC1CCSC1=O)c1cccnc1. The largest absolute Gasteiger partial charge is 0.341 e. The number of amides is 1. The first-order valence-corrected chi connectivity index (χ1v) is 5.63. The first kappa shape index (κ1) is 10.2. The zero-order valence-electron chi connectivity index (χ0n) is 7.97. The molecule has 78 valence electrons. The molecule has 5 heteroatoms. The van der Waals surface area contributed by atoms with Crippen LogP contribution in [-0.2, 0) is 4.79 Å². The number of hydrogen-bond acceptors (Lipinski definition) is 4. The van der Waals surface area contributed by atoms with E-state index in [0.29, 0.717) is 5.56 Å².